The molecule has 74 valence electrons. The van der Waals surface area contributed by atoms with E-state index in [1.165, 1.54) is 12.0 Å². The van der Waals surface area contributed by atoms with Gasteiger partial charge in [-0.25, -0.2) is 4.98 Å². The SMILES string of the molecule is COn1nnc2c3ccccc3cnc21. The molecule has 0 saturated heterocycles. The lowest BCUT2D eigenvalue weighted by Crippen LogP contribution is -2.07. The zero-order valence-electron chi connectivity index (χ0n) is 8.08. The first-order valence-electron chi connectivity index (χ1n) is 4.54. The van der Waals surface area contributed by atoms with Crippen LogP contribution in [0.1, 0.15) is 0 Å². The molecule has 0 saturated carbocycles. The Hall–Kier alpha value is -2.17. The van der Waals surface area contributed by atoms with E-state index in [0.717, 1.165) is 16.3 Å². The molecule has 5 heteroatoms. The molecule has 0 bridgehead atoms. The monoisotopic (exact) mass is 200 g/mol. The van der Waals surface area contributed by atoms with E-state index in [9.17, 15) is 0 Å². The van der Waals surface area contributed by atoms with Gasteiger partial charge in [0.15, 0.2) is 0 Å². The van der Waals surface area contributed by atoms with Crippen molar-refractivity contribution in [3.8, 4) is 0 Å². The lowest BCUT2D eigenvalue weighted by Gasteiger charge is -1.98. The number of hydrogen-bond acceptors (Lipinski definition) is 4. The van der Waals surface area contributed by atoms with E-state index in [-0.39, 0.29) is 0 Å². The van der Waals surface area contributed by atoms with Crippen LogP contribution in [-0.2, 0) is 0 Å². The van der Waals surface area contributed by atoms with Crippen LogP contribution in [0.25, 0.3) is 21.9 Å². The van der Waals surface area contributed by atoms with Crippen LogP contribution in [0.15, 0.2) is 30.5 Å². The predicted molar refractivity (Wildman–Crippen MR) is 55.3 cm³/mol. The standard InChI is InChI=1S/C10H8N4O/c1-15-14-10-9(12-13-14)8-5-3-2-4-7(8)6-11-10/h2-6H,1H3. The van der Waals surface area contributed by atoms with Gasteiger partial charge in [0, 0.05) is 17.0 Å². The summed E-state index contributed by atoms with van der Waals surface area (Å²) in [7, 11) is 1.53. The predicted octanol–water partition coefficient (Wildman–Crippen LogP) is 1.04. The van der Waals surface area contributed by atoms with Crippen molar-refractivity contribution in [1.29, 1.82) is 0 Å². The molecule has 0 aliphatic heterocycles. The normalized spacial score (nSPS) is 11.0. The van der Waals surface area contributed by atoms with E-state index >= 15 is 0 Å². The summed E-state index contributed by atoms with van der Waals surface area (Å²) in [6.45, 7) is 0. The maximum Gasteiger partial charge on any atom is 0.220 e. The Kier molecular flexibility index (Phi) is 1.58. The molecular formula is C10H8N4O. The van der Waals surface area contributed by atoms with E-state index in [0.29, 0.717) is 5.65 Å². The molecule has 0 spiro atoms. The van der Waals surface area contributed by atoms with Crippen LogP contribution in [0.3, 0.4) is 0 Å². The van der Waals surface area contributed by atoms with E-state index in [4.69, 9.17) is 4.84 Å². The van der Waals surface area contributed by atoms with Gasteiger partial charge in [-0.3, -0.25) is 0 Å². The van der Waals surface area contributed by atoms with Crippen LogP contribution in [0.2, 0.25) is 0 Å². The molecule has 3 aromatic rings. The summed E-state index contributed by atoms with van der Waals surface area (Å²) < 4.78 is 0. The summed E-state index contributed by atoms with van der Waals surface area (Å²) in [5.41, 5.74) is 1.39. The molecule has 0 N–H and O–H groups in total. The van der Waals surface area contributed by atoms with Gasteiger partial charge in [0.25, 0.3) is 0 Å². The molecule has 0 atom stereocenters. The largest absolute Gasteiger partial charge is 0.397 e. The molecule has 15 heavy (non-hydrogen) atoms. The zero-order valence-corrected chi connectivity index (χ0v) is 8.08. The highest BCUT2D eigenvalue weighted by atomic mass is 16.7. The second kappa shape index (κ2) is 2.91. The number of nitrogens with zero attached hydrogens (tertiary/aromatic N) is 4. The summed E-state index contributed by atoms with van der Waals surface area (Å²) in [5, 5.41) is 9.97. The maximum absolute atomic E-state index is 5.00. The van der Waals surface area contributed by atoms with Gasteiger partial charge in [-0.2, -0.15) is 0 Å². The Balaban J connectivity index is 2.50. The molecule has 3 rings (SSSR count). The van der Waals surface area contributed by atoms with Crippen molar-refractivity contribution >= 4 is 21.9 Å². The molecule has 0 unspecified atom stereocenters. The van der Waals surface area contributed by atoms with E-state index in [1.54, 1.807) is 6.20 Å². The van der Waals surface area contributed by atoms with Crippen LogP contribution in [0, 0.1) is 0 Å². The quantitative estimate of drug-likeness (QED) is 0.589. The molecular weight excluding hydrogens is 192 g/mol. The van der Waals surface area contributed by atoms with Crippen LogP contribution in [-0.4, -0.2) is 27.3 Å². The van der Waals surface area contributed by atoms with Crippen molar-refractivity contribution in [2.24, 2.45) is 0 Å². The number of rotatable bonds is 1. The molecule has 0 amide bonds. The Bertz CT molecular complexity index is 631. The van der Waals surface area contributed by atoms with Crippen molar-refractivity contribution < 1.29 is 4.84 Å². The first-order chi connectivity index (χ1) is 7.40. The lowest BCUT2D eigenvalue weighted by molar-refractivity contribution is 0.138. The van der Waals surface area contributed by atoms with Crippen molar-refractivity contribution in [1.82, 2.24) is 20.1 Å². The van der Waals surface area contributed by atoms with Crippen molar-refractivity contribution in [2.45, 2.75) is 0 Å². The van der Waals surface area contributed by atoms with Crippen LogP contribution in [0.4, 0.5) is 0 Å². The van der Waals surface area contributed by atoms with Crippen molar-refractivity contribution in [3.05, 3.63) is 30.5 Å². The first-order valence-corrected chi connectivity index (χ1v) is 4.54. The average Bonchev–Trinajstić information content (AvgIpc) is 2.72. The third-order valence-electron chi connectivity index (χ3n) is 2.33. The number of benzene rings is 1. The van der Waals surface area contributed by atoms with Gasteiger partial charge in [0.1, 0.15) is 12.6 Å². The molecule has 5 nitrogen and oxygen atoms in total. The molecule has 2 aromatic heterocycles. The van der Waals surface area contributed by atoms with E-state index in [2.05, 4.69) is 15.3 Å². The van der Waals surface area contributed by atoms with Gasteiger partial charge in [-0.15, -0.1) is 5.10 Å². The smallest absolute Gasteiger partial charge is 0.220 e. The first kappa shape index (κ1) is 8.16. The van der Waals surface area contributed by atoms with E-state index in [1.807, 2.05) is 24.3 Å². The maximum atomic E-state index is 5.00. The molecule has 0 radical (unpaired) electrons. The van der Waals surface area contributed by atoms with Gasteiger partial charge in [-0.1, -0.05) is 29.1 Å². The lowest BCUT2D eigenvalue weighted by atomic mass is 10.1. The Morgan fingerprint density at radius 3 is 3.00 bits per heavy atom. The van der Waals surface area contributed by atoms with Crippen molar-refractivity contribution in [3.63, 3.8) is 0 Å². The van der Waals surface area contributed by atoms with Crippen molar-refractivity contribution in [2.75, 3.05) is 7.11 Å². The minimum atomic E-state index is 0.635. The molecule has 2 heterocycles. The van der Waals surface area contributed by atoms with Gasteiger partial charge >= 0.3 is 0 Å². The molecule has 0 aliphatic carbocycles. The molecule has 0 fully saturated rings. The molecule has 1 aromatic carbocycles. The third kappa shape index (κ3) is 1.06. The Morgan fingerprint density at radius 1 is 1.27 bits per heavy atom. The van der Waals surface area contributed by atoms with Gasteiger partial charge < -0.3 is 4.84 Å². The highest BCUT2D eigenvalue weighted by Crippen LogP contribution is 2.20. The molecule has 0 aliphatic rings. The summed E-state index contributed by atoms with van der Waals surface area (Å²) in [6, 6.07) is 7.92. The minimum absolute atomic E-state index is 0.635. The number of aromatic nitrogens is 4. The fourth-order valence-electron chi connectivity index (χ4n) is 1.63. The Labute approximate surface area is 85.2 Å². The number of hydrogen-bond donors (Lipinski definition) is 0. The minimum Gasteiger partial charge on any atom is -0.397 e. The highest BCUT2D eigenvalue weighted by molar-refractivity contribution is 6.01. The van der Waals surface area contributed by atoms with Crippen LogP contribution < -0.4 is 4.84 Å². The van der Waals surface area contributed by atoms with Crippen LogP contribution >= 0.6 is 0 Å². The second-order valence-corrected chi connectivity index (χ2v) is 3.16. The van der Waals surface area contributed by atoms with Gasteiger partial charge in [0.05, 0.1) is 0 Å². The third-order valence-corrected chi connectivity index (χ3v) is 2.33. The summed E-state index contributed by atoms with van der Waals surface area (Å²) >= 11 is 0. The number of fused-ring (bicyclic) bond motifs is 3. The average molecular weight is 200 g/mol. The summed E-state index contributed by atoms with van der Waals surface area (Å²) in [6.07, 6.45) is 1.79. The highest BCUT2D eigenvalue weighted by Gasteiger charge is 2.08. The Morgan fingerprint density at radius 2 is 2.13 bits per heavy atom. The number of pyridine rings is 1. The topological polar surface area (TPSA) is 52.8 Å². The fourth-order valence-corrected chi connectivity index (χ4v) is 1.63. The fraction of sp³-hybridized carbons (Fsp3) is 0.100. The van der Waals surface area contributed by atoms with Gasteiger partial charge in [-0.05, 0) is 5.21 Å². The second-order valence-electron chi connectivity index (χ2n) is 3.16. The van der Waals surface area contributed by atoms with E-state index < -0.39 is 0 Å². The summed E-state index contributed by atoms with van der Waals surface area (Å²) in [4.78, 5) is 10.6. The summed E-state index contributed by atoms with van der Waals surface area (Å²) in [5.74, 6) is 0. The van der Waals surface area contributed by atoms with Gasteiger partial charge in [0.2, 0.25) is 5.65 Å². The zero-order chi connectivity index (χ0) is 10.3. The van der Waals surface area contributed by atoms with Crippen LogP contribution in [0.5, 0.6) is 0 Å².